The summed E-state index contributed by atoms with van der Waals surface area (Å²) in [5, 5.41) is 0. The van der Waals surface area contributed by atoms with Crippen LogP contribution in [0, 0.1) is 0 Å². The Hall–Kier alpha value is -1.58. The zero-order chi connectivity index (χ0) is 15.3. The first-order chi connectivity index (χ1) is 9.86. The Morgan fingerprint density at radius 3 is 1.38 bits per heavy atom. The first-order valence-electron chi connectivity index (χ1n) is 5.99. The first-order valence-corrected chi connectivity index (χ1v) is 9.52. The highest BCUT2D eigenvalue weighted by Crippen LogP contribution is 2.57. The van der Waals surface area contributed by atoms with Gasteiger partial charge in [-0.3, -0.25) is 0 Å². The molecule has 2 aromatic carbocycles. The van der Waals surface area contributed by atoms with Gasteiger partial charge in [-0.2, -0.15) is 0 Å². The van der Waals surface area contributed by atoms with E-state index in [2.05, 4.69) is 0 Å². The topological polar surface area (TPSA) is 93.1 Å². The lowest BCUT2D eigenvalue weighted by Gasteiger charge is -2.17. The molecule has 0 aromatic heterocycles. The molecule has 0 spiro atoms. The van der Waals surface area contributed by atoms with Gasteiger partial charge < -0.3 is 18.8 Å². The highest BCUT2D eigenvalue weighted by Gasteiger charge is 2.36. The summed E-state index contributed by atoms with van der Waals surface area (Å²) in [7, 11) is -8.62. The lowest BCUT2D eigenvalue weighted by Crippen LogP contribution is -2.02. The third-order valence-electron chi connectivity index (χ3n) is 2.34. The van der Waals surface area contributed by atoms with E-state index in [-0.39, 0.29) is 11.5 Å². The standard InChI is InChI=1S/C13H14O6P2/c14-20(15,18-12-7-3-1-4-8-12)11-21(16,17)19-13-9-5-2-6-10-13/h1-10H,11H2,(H,14,15)(H,16,17). The van der Waals surface area contributed by atoms with Crippen molar-refractivity contribution < 1.29 is 28.0 Å². The van der Waals surface area contributed by atoms with E-state index in [9.17, 15) is 18.9 Å². The second-order valence-corrected chi connectivity index (χ2v) is 8.27. The summed E-state index contributed by atoms with van der Waals surface area (Å²) >= 11 is 0. The average Bonchev–Trinajstić information content (AvgIpc) is 2.38. The summed E-state index contributed by atoms with van der Waals surface area (Å²) < 4.78 is 33.6. The molecule has 0 saturated heterocycles. The summed E-state index contributed by atoms with van der Waals surface area (Å²) in [6.07, 6.45) is 0. The molecular formula is C13H14O6P2. The van der Waals surface area contributed by atoms with Crippen LogP contribution < -0.4 is 9.05 Å². The van der Waals surface area contributed by atoms with Gasteiger partial charge in [0, 0.05) is 0 Å². The Morgan fingerprint density at radius 1 is 0.714 bits per heavy atom. The second kappa shape index (κ2) is 6.46. The van der Waals surface area contributed by atoms with E-state index >= 15 is 0 Å². The molecule has 2 rings (SSSR count). The molecule has 21 heavy (non-hydrogen) atoms. The van der Waals surface area contributed by atoms with Gasteiger partial charge in [0.25, 0.3) is 0 Å². The van der Waals surface area contributed by atoms with Crippen LogP contribution >= 0.6 is 15.2 Å². The normalized spacial score (nSPS) is 16.5. The minimum absolute atomic E-state index is 0.142. The predicted octanol–water partition coefficient (Wildman–Crippen LogP) is 3.47. The molecular weight excluding hydrogens is 314 g/mol. The van der Waals surface area contributed by atoms with Gasteiger partial charge in [-0.15, -0.1) is 0 Å². The van der Waals surface area contributed by atoms with Crippen LogP contribution in [-0.4, -0.2) is 15.7 Å². The molecule has 0 radical (unpaired) electrons. The molecule has 6 nitrogen and oxygen atoms in total. The molecule has 112 valence electrons. The Labute approximate surface area is 122 Å². The highest BCUT2D eigenvalue weighted by atomic mass is 31.2. The summed E-state index contributed by atoms with van der Waals surface area (Å²) in [5.74, 6) is -0.713. The fourth-order valence-corrected chi connectivity index (χ4v) is 4.75. The zero-order valence-corrected chi connectivity index (χ0v) is 12.7. The van der Waals surface area contributed by atoms with Gasteiger partial charge in [-0.25, -0.2) is 9.13 Å². The van der Waals surface area contributed by atoms with E-state index in [0.717, 1.165) is 0 Å². The van der Waals surface area contributed by atoms with Crippen LogP contribution in [0.4, 0.5) is 0 Å². The quantitative estimate of drug-likeness (QED) is 0.789. The Morgan fingerprint density at radius 2 is 1.05 bits per heavy atom. The molecule has 0 bridgehead atoms. The maximum atomic E-state index is 11.9. The number of hydrogen-bond donors (Lipinski definition) is 2. The number of rotatable bonds is 6. The predicted molar refractivity (Wildman–Crippen MR) is 78.7 cm³/mol. The molecule has 0 amide bonds. The van der Waals surface area contributed by atoms with Crippen molar-refractivity contribution in [2.45, 2.75) is 0 Å². The smallest absolute Gasteiger partial charge is 0.389 e. The Balaban J connectivity index is 2.04. The van der Waals surface area contributed by atoms with Crippen molar-refractivity contribution in [2.24, 2.45) is 0 Å². The van der Waals surface area contributed by atoms with Crippen molar-refractivity contribution in [2.75, 3.05) is 5.90 Å². The van der Waals surface area contributed by atoms with Crippen molar-refractivity contribution in [1.82, 2.24) is 0 Å². The molecule has 0 aliphatic rings. The molecule has 0 heterocycles. The van der Waals surface area contributed by atoms with E-state index in [1.165, 1.54) is 24.3 Å². The zero-order valence-electron chi connectivity index (χ0n) is 10.9. The SMILES string of the molecule is O=P(O)(CP(=O)(O)Oc1ccccc1)Oc1ccccc1. The molecule has 2 N–H and O–H groups in total. The molecule has 0 aliphatic heterocycles. The van der Waals surface area contributed by atoms with Crippen molar-refractivity contribution >= 4 is 15.2 Å². The van der Waals surface area contributed by atoms with Crippen LogP contribution in [0.1, 0.15) is 0 Å². The minimum atomic E-state index is -4.31. The minimum Gasteiger partial charge on any atom is -0.424 e. The van der Waals surface area contributed by atoms with Crippen LogP contribution in [0.25, 0.3) is 0 Å². The number of hydrogen-bond acceptors (Lipinski definition) is 4. The van der Waals surface area contributed by atoms with Crippen LogP contribution in [0.3, 0.4) is 0 Å². The fourth-order valence-electron chi connectivity index (χ4n) is 1.58. The van der Waals surface area contributed by atoms with Crippen LogP contribution in [0.15, 0.2) is 60.7 Å². The molecule has 2 atom stereocenters. The number of benzene rings is 2. The number of para-hydroxylation sites is 2. The Bertz CT molecular complexity index is 614. The van der Waals surface area contributed by atoms with Crippen molar-refractivity contribution in [1.29, 1.82) is 0 Å². The van der Waals surface area contributed by atoms with Crippen molar-refractivity contribution in [3.05, 3.63) is 60.7 Å². The van der Waals surface area contributed by atoms with Crippen LogP contribution in [0.5, 0.6) is 11.5 Å². The maximum Gasteiger partial charge on any atom is 0.389 e. The van der Waals surface area contributed by atoms with Crippen molar-refractivity contribution in [3.8, 4) is 11.5 Å². The van der Waals surface area contributed by atoms with Gasteiger partial charge >= 0.3 is 15.2 Å². The monoisotopic (exact) mass is 328 g/mol. The van der Waals surface area contributed by atoms with E-state index < -0.39 is 21.1 Å². The third kappa shape index (κ3) is 5.37. The lowest BCUT2D eigenvalue weighted by atomic mass is 10.3. The highest BCUT2D eigenvalue weighted by molar-refractivity contribution is 7.70. The molecule has 0 aliphatic carbocycles. The summed E-state index contributed by atoms with van der Waals surface area (Å²) in [4.78, 5) is 19.4. The largest absolute Gasteiger partial charge is 0.424 e. The summed E-state index contributed by atoms with van der Waals surface area (Å²) in [6.45, 7) is 0. The summed E-state index contributed by atoms with van der Waals surface area (Å²) in [6, 6.07) is 15.8. The van der Waals surface area contributed by atoms with Gasteiger partial charge in [-0.05, 0) is 24.3 Å². The lowest BCUT2D eigenvalue weighted by molar-refractivity contribution is 0.363. The fraction of sp³-hybridized carbons (Fsp3) is 0.0769. The van der Waals surface area contributed by atoms with Gasteiger partial charge in [-0.1, -0.05) is 36.4 Å². The molecule has 2 unspecified atom stereocenters. The van der Waals surface area contributed by atoms with Gasteiger partial charge in [0.2, 0.25) is 0 Å². The third-order valence-corrected chi connectivity index (χ3v) is 6.19. The van der Waals surface area contributed by atoms with Crippen molar-refractivity contribution in [3.63, 3.8) is 0 Å². The Kier molecular flexibility index (Phi) is 4.86. The molecule has 2 aromatic rings. The maximum absolute atomic E-state index is 11.9. The first kappa shape index (κ1) is 15.8. The van der Waals surface area contributed by atoms with E-state index in [1.54, 1.807) is 36.4 Å². The van der Waals surface area contributed by atoms with E-state index in [0.29, 0.717) is 0 Å². The molecule has 8 heteroatoms. The average molecular weight is 328 g/mol. The van der Waals surface area contributed by atoms with Gasteiger partial charge in [0.1, 0.15) is 11.5 Å². The van der Waals surface area contributed by atoms with Crippen LogP contribution in [-0.2, 0) is 9.13 Å². The summed E-state index contributed by atoms with van der Waals surface area (Å²) in [5.41, 5.74) is 0. The molecule has 0 saturated carbocycles. The van der Waals surface area contributed by atoms with E-state index in [4.69, 9.17) is 9.05 Å². The van der Waals surface area contributed by atoms with Crippen LogP contribution in [0.2, 0.25) is 0 Å². The van der Waals surface area contributed by atoms with Gasteiger partial charge in [0.15, 0.2) is 5.90 Å². The van der Waals surface area contributed by atoms with Gasteiger partial charge in [0.05, 0.1) is 0 Å². The molecule has 0 fully saturated rings. The van der Waals surface area contributed by atoms with E-state index in [1.807, 2.05) is 0 Å². The second-order valence-electron chi connectivity index (χ2n) is 4.23.